The number of nitrogens with zero attached hydrogens (tertiary/aromatic N) is 5. The molecule has 3 N–H and O–H groups in total. The highest BCUT2D eigenvalue weighted by Gasteiger charge is 2.11. The zero-order valence-electron chi connectivity index (χ0n) is 12.0. The van der Waals surface area contributed by atoms with Crippen molar-refractivity contribution in [1.82, 2.24) is 30.5 Å². The van der Waals surface area contributed by atoms with E-state index in [4.69, 9.17) is 0 Å². The van der Waals surface area contributed by atoms with Crippen LogP contribution in [0.2, 0.25) is 0 Å². The van der Waals surface area contributed by atoms with E-state index in [-0.39, 0.29) is 0 Å². The van der Waals surface area contributed by atoms with E-state index in [1.54, 1.807) is 18.6 Å². The molecule has 4 rings (SSSR count). The number of H-pyrrole nitrogens is 1. The second kappa shape index (κ2) is 5.57. The Bertz CT molecular complexity index is 777. The lowest BCUT2D eigenvalue weighted by Crippen LogP contribution is -2.43. The first kappa shape index (κ1) is 13.0. The number of rotatable bonds is 3. The summed E-state index contributed by atoms with van der Waals surface area (Å²) in [6.07, 6.45) is 5.18. The zero-order valence-corrected chi connectivity index (χ0v) is 12.0. The van der Waals surface area contributed by atoms with Gasteiger partial charge in [-0.05, 0) is 6.07 Å². The van der Waals surface area contributed by atoms with Crippen LogP contribution in [0.5, 0.6) is 0 Å². The minimum atomic E-state index is 0.513. The third-order valence-electron chi connectivity index (χ3n) is 3.66. The number of anilines is 3. The molecule has 0 bridgehead atoms. The smallest absolute Gasteiger partial charge is 0.229 e. The third kappa shape index (κ3) is 2.56. The van der Waals surface area contributed by atoms with Crippen LogP contribution < -0.4 is 15.5 Å². The molecule has 0 radical (unpaired) electrons. The van der Waals surface area contributed by atoms with Gasteiger partial charge in [0, 0.05) is 44.1 Å². The van der Waals surface area contributed by atoms with Crippen molar-refractivity contribution in [2.24, 2.45) is 0 Å². The van der Waals surface area contributed by atoms with Crippen LogP contribution in [0.15, 0.2) is 30.7 Å². The molecule has 4 heterocycles. The molecular weight excluding hydrogens is 280 g/mol. The van der Waals surface area contributed by atoms with Gasteiger partial charge in [-0.25, -0.2) is 15.0 Å². The van der Waals surface area contributed by atoms with Crippen molar-refractivity contribution in [3.05, 3.63) is 30.7 Å². The molecular formula is C14H16N8. The van der Waals surface area contributed by atoms with E-state index >= 15 is 0 Å². The molecule has 0 spiro atoms. The molecule has 1 aliphatic heterocycles. The SMILES string of the molecule is c1cc(N2CCNCC2)cc(Nc2ncc3[nH]ncc3n2)n1. The average Bonchev–Trinajstić information content (AvgIpc) is 3.04. The number of hydrogen-bond acceptors (Lipinski definition) is 7. The van der Waals surface area contributed by atoms with Crippen molar-refractivity contribution in [2.75, 3.05) is 36.4 Å². The lowest BCUT2D eigenvalue weighted by molar-refractivity contribution is 0.589. The molecule has 112 valence electrons. The van der Waals surface area contributed by atoms with Crippen LogP contribution in [0.3, 0.4) is 0 Å². The van der Waals surface area contributed by atoms with Crippen molar-refractivity contribution in [2.45, 2.75) is 0 Å². The highest BCUT2D eigenvalue weighted by Crippen LogP contribution is 2.20. The maximum atomic E-state index is 4.39. The fourth-order valence-corrected chi connectivity index (χ4v) is 2.52. The number of pyridine rings is 1. The number of aromatic amines is 1. The Morgan fingerprint density at radius 3 is 2.95 bits per heavy atom. The monoisotopic (exact) mass is 296 g/mol. The van der Waals surface area contributed by atoms with Crippen molar-refractivity contribution >= 4 is 28.5 Å². The third-order valence-corrected chi connectivity index (χ3v) is 3.66. The minimum absolute atomic E-state index is 0.513. The van der Waals surface area contributed by atoms with Gasteiger partial charge < -0.3 is 15.5 Å². The summed E-state index contributed by atoms with van der Waals surface area (Å²) in [5, 5.41) is 13.3. The van der Waals surface area contributed by atoms with Crippen LogP contribution in [-0.4, -0.2) is 51.3 Å². The van der Waals surface area contributed by atoms with Crippen LogP contribution in [0.4, 0.5) is 17.5 Å². The van der Waals surface area contributed by atoms with Gasteiger partial charge in [-0.3, -0.25) is 5.10 Å². The second-order valence-electron chi connectivity index (χ2n) is 5.12. The number of piperazine rings is 1. The van der Waals surface area contributed by atoms with E-state index in [1.807, 2.05) is 12.1 Å². The Morgan fingerprint density at radius 2 is 2.05 bits per heavy atom. The topological polar surface area (TPSA) is 94.7 Å². The molecule has 1 aliphatic rings. The van der Waals surface area contributed by atoms with Crippen molar-refractivity contribution < 1.29 is 0 Å². The first-order valence-corrected chi connectivity index (χ1v) is 7.23. The van der Waals surface area contributed by atoms with Gasteiger partial charge in [0.05, 0.1) is 12.4 Å². The summed E-state index contributed by atoms with van der Waals surface area (Å²) in [6, 6.07) is 4.05. The maximum Gasteiger partial charge on any atom is 0.229 e. The van der Waals surface area contributed by atoms with Gasteiger partial charge in [0.25, 0.3) is 0 Å². The predicted octanol–water partition coefficient (Wildman–Crippen LogP) is 0.901. The quantitative estimate of drug-likeness (QED) is 0.661. The number of fused-ring (bicyclic) bond motifs is 1. The van der Waals surface area contributed by atoms with Crippen molar-refractivity contribution in [1.29, 1.82) is 0 Å². The van der Waals surface area contributed by atoms with Gasteiger partial charge in [-0.15, -0.1) is 0 Å². The highest BCUT2D eigenvalue weighted by molar-refractivity contribution is 5.73. The molecule has 1 fully saturated rings. The molecule has 3 aromatic heterocycles. The maximum absolute atomic E-state index is 4.39. The van der Waals surface area contributed by atoms with Crippen LogP contribution in [0, 0.1) is 0 Å². The largest absolute Gasteiger partial charge is 0.369 e. The molecule has 8 nitrogen and oxygen atoms in total. The summed E-state index contributed by atoms with van der Waals surface area (Å²) in [5.41, 5.74) is 2.74. The summed E-state index contributed by atoms with van der Waals surface area (Å²) in [5.74, 6) is 1.25. The molecule has 0 unspecified atom stereocenters. The minimum Gasteiger partial charge on any atom is -0.369 e. The Hall–Kier alpha value is -2.74. The van der Waals surface area contributed by atoms with Crippen molar-refractivity contribution in [3.63, 3.8) is 0 Å². The standard InChI is InChI=1S/C14H16N8/c1-2-16-13(7-10(1)22-5-3-15-4-6-22)20-14-17-8-12-11(19-14)9-18-21-12/h1-2,7-9,15H,3-6H2,(H,18,21)(H,16,17,19,20). The summed E-state index contributed by atoms with van der Waals surface area (Å²) < 4.78 is 0. The summed E-state index contributed by atoms with van der Waals surface area (Å²) in [4.78, 5) is 15.3. The van der Waals surface area contributed by atoms with E-state index in [1.165, 1.54) is 0 Å². The normalized spacial score (nSPS) is 15.2. The molecule has 0 aliphatic carbocycles. The fourth-order valence-electron chi connectivity index (χ4n) is 2.52. The van der Waals surface area contributed by atoms with Crippen molar-refractivity contribution in [3.8, 4) is 0 Å². The van der Waals surface area contributed by atoms with E-state index < -0.39 is 0 Å². The van der Waals surface area contributed by atoms with Gasteiger partial charge in [0.15, 0.2) is 0 Å². The average molecular weight is 296 g/mol. The van der Waals surface area contributed by atoms with Gasteiger partial charge in [0.2, 0.25) is 5.95 Å². The Labute approximate surface area is 127 Å². The second-order valence-corrected chi connectivity index (χ2v) is 5.12. The van der Waals surface area contributed by atoms with Gasteiger partial charge >= 0.3 is 0 Å². The predicted molar refractivity (Wildman–Crippen MR) is 84.3 cm³/mol. The molecule has 1 saturated heterocycles. The molecule has 0 saturated carbocycles. The van der Waals surface area contributed by atoms with E-state index in [0.29, 0.717) is 5.95 Å². The Morgan fingerprint density at radius 1 is 1.14 bits per heavy atom. The van der Waals surface area contributed by atoms with Gasteiger partial charge in [-0.1, -0.05) is 0 Å². The number of nitrogens with one attached hydrogen (secondary N) is 3. The molecule has 0 aromatic carbocycles. The Balaban J connectivity index is 1.56. The van der Waals surface area contributed by atoms with Crippen LogP contribution in [0.1, 0.15) is 0 Å². The van der Waals surface area contributed by atoms with E-state index in [2.05, 4.69) is 40.7 Å². The number of hydrogen-bond donors (Lipinski definition) is 3. The number of aromatic nitrogens is 5. The zero-order chi connectivity index (χ0) is 14.8. The first-order chi connectivity index (χ1) is 10.9. The van der Waals surface area contributed by atoms with Gasteiger partial charge in [0.1, 0.15) is 16.9 Å². The van der Waals surface area contributed by atoms with E-state index in [9.17, 15) is 0 Å². The van der Waals surface area contributed by atoms with Crippen LogP contribution in [-0.2, 0) is 0 Å². The Kier molecular flexibility index (Phi) is 3.28. The summed E-state index contributed by atoms with van der Waals surface area (Å²) >= 11 is 0. The molecule has 22 heavy (non-hydrogen) atoms. The lowest BCUT2D eigenvalue weighted by Gasteiger charge is -2.29. The molecule has 0 atom stereocenters. The summed E-state index contributed by atoms with van der Waals surface area (Å²) in [7, 11) is 0. The lowest BCUT2D eigenvalue weighted by atomic mass is 10.3. The van der Waals surface area contributed by atoms with Crippen LogP contribution in [0.25, 0.3) is 11.0 Å². The fraction of sp³-hybridized carbons (Fsp3) is 0.286. The highest BCUT2D eigenvalue weighted by atomic mass is 15.2. The molecule has 0 amide bonds. The van der Waals surface area contributed by atoms with E-state index in [0.717, 1.165) is 48.7 Å². The first-order valence-electron chi connectivity index (χ1n) is 7.23. The van der Waals surface area contributed by atoms with Crippen LogP contribution >= 0.6 is 0 Å². The molecule has 3 aromatic rings. The summed E-state index contributed by atoms with van der Waals surface area (Å²) in [6.45, 7) is 4.01. The molecule has 8 heteroatoms. The van der Waals surface area contributed by atoms with Gasteiger partial charge in [-0.2, -0.15) is 5.10 Å².